The van der Waals surface area contributed by atoms with Gasteiger partial charge < -0.3 is 10.1 Å². The first-order chi connectivity index (χ1) is 8.25. The summed E-state index contributed by atoms with van der Waals surface area (Å²) in [5.41, 5.74) is 2.72. The number of nitrogens with zero attached hydrogens (tertiary/aromatic N) is 1. The Bertz CT molecular complexity index is 335. The van der Waals surface area contributed by atoms with Crippen LogP contribution in [-0.2, 0) is 14.3 Å². The number of amides is 2. The molecule has 0 aromatic heterocycles. The third kappa shape index (κ3) is 3.52. The average molecular weight is 239 g/mol. The Labute approximate surface area is 99.8 Å². The third-order valence-corrected chi connectivity index (χ3v) is 2.97. The van der Waals surface area contributed by atoms with Crippen molar-refractivity contribution in [2.24, 2.45) is 11.0 Å². The first-order valence-electron chi connectivity index (χ1n) is 5.97. The number of hydrazone groups is 1. The second kappa shape index (κ2) is 5.77. The first-order valence-corrected chi connectivity index (χ1v) is 5.97. The lowest BCUT2D eigenvalue weighted by atomic mass is 10.0. The van der Waals surface area contributed by atoms with Crippen LogP contribution in [0.15, 0.2) is 5.10 Å². The summed E-state index contributed by atoms with van der Waals surface area (Å²) in [6.45, 7) is 2.15. The highest BCUT2D eigenvalue weighted by molar-refractivity contribution is 6.39. The first kappa shape index (κ1) is 12.0. The number of hydrogen-bond donors (Lipinski definition) is 2. The van der Waals surface area contributed by atoms with Gasteiger partial charge in [-0.1, -0.05) is 0 Å². The van der Waals surface area contributed by atoms with Crippen LogP contribution in [0.2, 0.25) is 0 Å². The predicted molar refractivity (Wildman–Crippen MR) is 61.4 cm³/mol. The molecule has 0 radical (unpaired) electrons. The van der Waals surface area contributed by atoms with Crippen LogP contribution in [-0.4, -0.2) is 37.3 Å². The number of hydrogen-bond acceptors (Lipinski definition) is 4. The van der Waals surface area contributed by atoms with E-state index in [0.717, 1.165) is 19.4 Å². The predicted octanol–water partition coefficient (Wildman–Crippen LogP) is -0.205. The van der Waals surface area contributed by atoms with E-state index in [2.05, 4.69) is 15.8 Å². The second-order valence-electron chi connectivity index (χ2n) is 4.39. The summed E-state index contributed by atoms with van der Waals surface area (Å²) in [6.07, 6.45) is 2.89. The Morgan fingerprint density at radius 2 is 2.41 bits per heavy atom. The largest absolute Gasteiger partial charge is 0.381 e. The monoisotopic (exact) mass is 239 g/mol. The second-order valence-corrected chi connectivity index (χ2v) is 4.39. The van der Waals surface area contributed by atoms with Crippen molar-refractivity contribution in [2.45, 2.75) is 25.7 Å². The van der Waals surface area contributed by atoms with Gasteiger partial charge >= 0.3 is 0 Å². The summed E-state index contributed by atoms with van der Waals surface area (Å²) in [7, 11) is 0. The van der Waals surface area contributed by atoms with Gasteiger partial charge in [0.2, 0.25) is 5.91 Å². The molecule has 1 fully saturated rings. The van der Waals surface area contributed by atoms with E-state index in [-0.39, 0.29) is 11.8 Å². The standard InChI is InChI=1S/C11H17N3O3/c15-10-4-3-9(13-14-10)11(16)12-6-8-2-1-5-17-7-8/h8H,1-7H2,(H,12,16)(H,14,15). The minimum atomic E-state index is -0.185. The topological polar surface area (TPSA) is 79.8 Å². The van der Waals surface area contributed by atoms with Gasteiger partial charge in [0.05, 0.1) is 6.61 Å². The van der Waals surface area contributed by atoms with E-state index < -0.39 is 0 Å². The van der Waals surface area contributed by atoms with Crippen molar-refractivity contribution in [3.63, 3.8) is 0 Å². The van der Waals surface area contributed by atoms with Crippen LogP contribution in [0.3, 0.4) is 0 Å². The van der Waals surface area contributed by atoms with Crippen LogP contribution in [0.5, 0.6) is 0 Å². The van der Waals surface area contributed by atoms with E-state index in [1.54, 1.807) is 0 Å². The Kier molecular flexibility index (Phi) is 4.08. The maximum absolute atomic E-state index is 11.7. The molecule has 1 unspecified atom stereocenters. The summed E-state index contributed by atoms with van der Waals surface area (Å²) < 4.78 is 5.34. The smallest absolute Gasteiger partial charge is 0.267 e. The Morgan fingerprint density at radius 1 is 1.53 bits per heavy atom. The molecule has 17 heavy (non-hydrogen) atoms. The molecule has 2 N–H and O–H groups in total. The molecule has 1 saturated heterocycles. The third-order valence-electron chi connectivity index (χ3n) is 2.97. The van der Waals surface area contributed by atoms with Crippen molar-refractivity contribution >= 4 is 17.5 Å². The van der Waals surface area contributed by atoms with Gasteiger partial charge in [0.25, 0.3) is 5.91 Å². The zero-order chi connectivity index (χ0) is 12.1. The van der Waals surface area contributed by atoms with E-state index in [1.807, 2.05) is 0 Å². The average Bonchev–Trinajstić information content (AvgIpc) is 2.38. The Balaban J connectivity index is 1.75. The molecule has 6 heteroatoms. The fraction of sp³-hybridized carbons (Fsp3) is 0.727. The lowest BCUT2D eigenvalue weighted by Crippen LogP contribution is -2.40. The molecule has 2 heterocycles. The molecule has 0 aromatic carbocycles. The van der Waals surface area contributed by atoms with Crippen LogP contribution in [0.4, 0.5) is 0 Å². The molecule has 2 aliphatic rings. The SMILES string of the molecule is O=C1CCC(C(=O)NCC2CCCOC2)=NN1. The molecular weight excluding hydrogens is 222 g/mol. The molecule has 2 aliphatic heterocycles. The minimum Gasteiger partial charge on any atom is -0.381 e. The van der Waals surface area contributed by atoms with Crippen molar-refractivity contribution in [1.82, 2.24) is 10.7 Å². The van der Waals surface area contributed by atoms with Crippen LogP contribution in [0.25, 0.3) is 0 Å². The van der Waals surface area contributed by atoms with E-state index >= 15 is 0 Å². The summed E-state index contributed by atoms with van der Waals surface area (Å²) in [5.74, 6) is 0.0734. The molecule has 2 rings (SSSR count). The van der Waals surface area contributed by atoms with E-state index in [4.69, 9.17) is 4.74 Å². The maximum atomic E-state index is 11.7. The lowest BCUT2D eigenvalue weighted by Gasteiger charge is -2.22. The Hall–Kier alpha value is -1.43. The normalized spacial score (nSPS) is 24.8. The lowest BCUT2D eigenvalue weighted by molar-refractivity contribution is -0.121. The highest BCUT2D eigenvalue weighted by atomic mass is 16.5. The van der Waals surface area contributed by atoms with Crippen molar-refractivity contribution in [3.8, 4) is 0 Å². The molecule has 0 spiro atoms. The zero-order valence-corrected chi connectivity index (χ0v) is 9.70. The number of carbonyl (C=O) groups is 2. The Morgan fingerprint density at radius 3 is 3.06 bits per heavy atom. The quantitative estimate of drug-likeness (QED) is 0.715. The van der Waals surface area contributed by atoms with E-state index in [0.29, 0.717) is 37.6 Å². The summed E-state index contributed by atoms with van der Waals surface area (Å²) in [4.78, 5) is 22.6. The van der Waals surface area contributed by atoms with Gasteiger partial charge in [-0.05, 0) is 18.8 Å². The molecular formula is C11H17N3O3. The van der Waals surface area contributed by atoms with Gasteiger partial charge in [-0.2, -0.15) is 5.10 Å². The van der Waals surface area contributed by atoms with Crippen LogP contribution < -0.4 is 10.7 Å². The number of carbonyl (C=O) groups excluding carboxylic acids is 2. The summed E-state index contributed by atoms with van der Waals surface area (Å²) >= 11 is 0. The van der Waals surface area contributed by atoms with Crippen LogP contribution in [0.1, 0.15) is 25.7 Å². The minimum absolute atomic E-state index is 0.137. The molecule has 2 amide bonds. The van der Waals surface area contributed by atoms with Crippen molar-refractivity contribution in [1.29, 1.82) is 0 Å². The molecule has 0 aromatic rings. The van der Waals surface area contributed by atoms with Crippen molar-refractivity contribution < 1.29 is 14.3 Å². The highest BCUT2D eigenvalue weighted by Crippen LogP contribution is 2.12. The van der Waals surface area contributed by atoms with Crippen LogP contribution in [0, 0.1) is 5.92 Å². The maximum Gasteiger partial charge on any atom is 0.267 e. The van der Waals surface area contributed by atoms with Crippen molar-refractivity contribution in [3.05, 3.63) is 0 Å². The van der Waals surface area contributed by atoms with Gasteiger partial charge in [-0.15, -0.1) is 0 Å². The van der Waals surface area contributed by atoms with E-state index in [9.17, 15) is 9.59 Å². The van der Waals surface area contributed by atoms with Crippen molar-refractivity contribution in [2.75, 3.05) is 19.8 Å². The van der Waals surface area contributed by atoms with Crippen LogP contribution >= 0.6 is 0 Å². The van der Waals surface area contributed by atoms with Gasteiger partial charge in [0, 0.05) is 26.0 Å². The van der Waals surface area contributed by atoms with Gasteiger partial charge in [-0.25, -0.2) is 5.43 Å². The molecule has 6 nitrogen and oxygen atoms in total. The summed E-state index contributed by atoms with van der Waals surface area (Å²) in [6, 6.07) is 0. The number of ether oxygens (including phenoxy) is 1. The number of nitrogens with one attached hydrogen (secondary N) is 2. The highest BCUT2D eigenvalue weighted by Gasteiger charge is 2.20. The zero-order valence-electron chi connectivity index (χ0n) is 9.70. The van der Waals surface area contributed by atoms with Gasteiger partial charge in [-0.3, -0.25) is 9.59 Å². The molecule has 0 aliphatic carbocycles. The fourth-order valence-corrected chi connectivity index (χ4v) is 1.95. The summed E-state index contributed by atoms with van der Waals surface area (Å²) in [5, 5.41) is 6.58. The fourth-order valence-electron chi connectivity index (χ4n) is 1.95. The van der Waals surface area contributed by atoms with Gasteiger partial charge in [0.15, 0.2) is 0 Å². The molecule has 94 valence electrons. The molecule has 1 atom stereocenters. The number of rotatable bonds is 3. The van der Waals surface area contributed by atoms with E-state index in [1.165, 1.54) is 0 Å². The molecule has 0 bridgehead atoms. The van der Waals surface area contributed by atoms with Gasteiger partial charge in [0.1, 0.15) is 5.71 Å². The molecule has 0 saturated carbocycles.